The molecule has 0 aromatic rings. The van der Waals surface area contributed by atoms with Crippen molar-refractivity contribution in [2.24, 2.45) is 5.41 Å². The van der Waals surface area contributed by atoms with Gasteiger partial charge in [0, 0.05) is 13.1 Å². The van der Waals surface area contributed by atoms with E-state index in [0.29, 0.717) is 32.4 Å². The number of nitriles is 1. The van der Waals surface area contributed by atoms with Gasteiger partial charge in [0.05, 0.1) is 11.5 Å². The highest BCUT2D eigenvalue weighted by Gasteiger charge is 2.51. The molecular formula is C14H22N4O2. The number of imide groups is 1. The Morgan fingerprint density at radius 3 is 2.80 bits per heavy atom. The second-order valence-corrected chi connectivity index (χ2v) is 6.35. The van der Waals surface area contributed by atoms with Crippen LogP contribution in [0.4, 0.5) is 4.79 Å². The van der Waals surface area contributed by atoms with E-state index in [0.717, 1.165) is 13.0 Å². The Bertz CT molecular complexity index is 447. The van der Waals surface area contributed by atoms with Gasteiger partial charge in [-0.25, -0.2) is 4.79 Å². The lowest BCUT2D eigenvalue weighted by atomic mass is 9.89. The maximum absolute atomic E-state index is 12.5. The van der Waals surface area contributed by atoms with Gasteiger partial charge < -0.3 is 10.6 Å². The fourth-order valence-corrected chi connectivity index (χ4v) is 2.81. The number of carbonyl (C=O) groups excluding carboxylic acids is 2. The molecule has 1 atom stereocenters. The molecule has 2 saturated heterocycles. The van der Waals surface area contributed by atoms with Crippen LogP contribution in [-0.4, -0.2) is 42.0 Å². The summed E-state index contributed by atoms with van der Waals surface area (Å²) in [7, 11) is 0. The Balaban J connectivity index is 1.94. The van der Waals surface area contributed by atoms with E-state index in [2.05, 4.69) is 16.7 Å². The summed E-state index contributed by atoms with van der Waals surface area (Å²) < 4.78 is 0. The molecule has 0 radical (unpaired) electrons. The molecule has 1 unspecified atom stereocenters. The fourth-order valence-electron chi connectivity index (χ4n) is 2.81. The van der Waals surface area contributed by atoms with Crippen LogP contribution in [-0.2, 0) is 4.79 Å². The van der Waals surface area contributed by atoms with Crippen molar-refractivity contribution in [1.82, 2.24) is 15.5 Å². The number of carbonyl (C=O) groups is 2. The van der Waals surface area contributed by atoms with Gasteiger partial charge in [0.15, 0.2) is 0 Å². The summed E-state index contributed by atoms with van der Waals surface area (Å²) in [6.07, 6.45) is 2.92. The minimum Gasteiger partial charge on any atom is -0.322 e. The monoisotopic (exact) mass is 278 g/mol. The van der Waals surface area contributed by atoms with Gasteiger partial charge in [-0.2, -0.15) is 5.26 Å². The number of urea groups is 1. The number of amides is 3. The highest BCUT2D eigenvalue weighted by Crippen LogP contribution is 2.26. The van der Waals surface area contributed by atoms with Gasteiger partial charge in [0.2, 0.25) is 0 Å². The third kappa shape index (κ3) is 2.78. The van der Waals surface area contributed by atoms with E-state index in [1.165, 1.54) is 4.90 Å². The van der Waals surface area contributed by atoms with E-state index in [1.807, 2.05) is 13.8 Å². The Hall–Kier alpha value is -1.61. The number of nitrogens with zero attached hydrogens (tertiary/aromatic N) is 2. The average Bonchev–Trinajstić information content (AvgIpc) is 2.64. The van der Waals surface area contributed by atoms with Crippen LogP contribution in [0.25, 0.3) is 0 Å². The van der Waals surface area contributed by atoms with Crippen molar-refractivity contribution in [2.75, 3.05) is 19.6 Å². The molecule has 2 heterocycles. The second kappa shape index (κ2) is 5.41. The van der Waals surface area contributed by atoms with Crippen molar-refractivity contribution in [3.63, 3.8) is 0 Å². The van der Waals surface area contributed by atoms with Crippen molar-refractivity contribution in [2.45, 2.75) is 45.1 Å². The zero-order valence-corrected chi connectivity index (χ0v) is 12.2. The van der Waals surface area contributed by atoms with Crippen LogP contribution >= 0.6 is 0 Å². The topological polar surface area (TPSA) is 85.2 Å². The fraction of sp³-hybridized carbons (Fsp3) is 0.786. The minimum atomic E-state index is -0.736. The molecule has 110 valence electrons. The van der Waals surface area contributed by atoms with E-state index in [1.54, 1.807) is 0 Å². The quantitative estimate of drug-likeness (QED) is 0.751. The van der Waals surface area contributed by atoms with Crippen LogP contribution in [0, 0.1) is 16.7 Å². The summed E-state index contributed by atoms with van der Waals surface area (Å²) in [6.45, 7) is 5.52. The Morgan fingerprint density at radius 1 is 1.45 bits per heavy atom. The van der Waals surface area contributed by atoms with Gasteiger partial charge >= 0.3 is 6.03 Å². The van der Waals surface area contributed by atoms with Crippen molar-refractivity contribution >= 4 is 11.9 Å². The van der Waals surface area contributed by atoms with Crippen molar-refractivity contribution < 1.29 is 9.59 Å². The number of hydrogen-bond acceptors (Lipinski definition) is 4. The molecule has 6 nitrogen and oxygen atoms in total. The van der Waals surface area contributed by atoms with Gasteiger partial charge in [-0.1, -0.05) is 0 Å². The highest BCUT2D eigenvalue weighted by molar-refractivity contribution is 6.07. The van der Waals surface area contributed by atoms with E-state index in [-0.39, 0.29) is 11.9 Å². The lowest BCUT2D eigenvalue weighted by Gasteiger charge is -2.31. The maximum atomic E-state index is 12.5. The molecule has 6 heteroatoms. The summed E-state index contributed by atoms with van der Waals surface area (Å²) in [4.78, 5) is 25.7. The second-order valence-electron chi connectivity index (χ2n) is 6.35. The summed E-state index contributed by atoms with van der Waals surface area (Å²) in [5, 5.41) is 15.0. The molecule has 2 N–H and O–H groups in total. The lowest BCUT2D eigenvalue weighted by Crippen LogP contribution is -2.57. The number of nitrogens with one attached hydrogen (secondary N) is 2. The molecule has 2 aliphatic rings. The zero-order valence-electron chi connectivity index (χ0n) is 12.2. The molecule has 0 aromatic heterocycles. The van der Waals surface area contributed by atoms with Crippen molar-refractivity contribution in [3.05, 3.63) is 0 Å². The molecule has 3 amide bonds. The standard InChI is InChI=1S/C14H22N4O2/c1-13(2,9-15)5-4-8-18-11(19)14(17-12(18)20)6-3-7-16-10-14/h16H,3-8,10H2,1-2H3,(H,17,20). The molecule has 0 bridgehead atoms. The Morgan fingerprint density at radius 2 is 2.20 bits per heavy atom. The normalized spacial score (nSPS) is 26.8. The lowest BCUT2D eigenvalue weighted by molar-refractivity contribution is -0.132. The first-order valence-corrected chi connectivity index (χ1v) is 7.16. The summed E-state index contributed by atoms with van der Waals surface area (Å²) in [5.41, 5.74) is -1.15. The van der Waals surface area contributed by atoms with Gasteiger partial charge in [-0.3, -0.25) is 9.69 Å². The average molecular weight is 278 g/mol. The molecule has 2 rings (SSSR count). The Labute approximate surface area is 119 Å². The van der Waals surface area contributed by atoms with E-state index in [4.69, 9.17) is 5.26 Å². The van der Waals surface area contributed by atoms with E-state index in [9.17, 15) is 9.59 Å². The summed E-state index contributed by atoms with van der Waals surface area (Å²) in [5.74, 6) is -0.121. The number of rotatable bonds is 4. The Kier molecular flexibility index (Phi) is 4.00. The highest BCUT2D eigenvalue weighted by atomic mass is 16.2. The third-order valence-corrected chi connectivity index (χ3v) is 4.12. The molecule has 2 fully saturated rings. The largest absolute Gasteiger partial charge is 0.325 e. The van der Waals surface area contributed by atoms with Gasteiger partial charge in [-0.15, -0.1) is 0 Å². The van der Waals surface area contributed by atoms with Crippen LogP contribution < -0.4 is 10.6 Å². The van der Waals surface area contributed by atoms with E-state index < -0.39 is 11.0 Å². The third-order valence-electron chi connectivity index (χ3n) is 4.12. The molecule has 1 spiro atoms. The summed E-state index contributed by atoms with van der Waals surface area (Å²) >= 11 is 0. The molecular weight excluding hydrogens is 256 g/mol. The first kappa shape index (κ1) is 14.8. The maximum Gasteiger partial charge on any atom is 0.325 e. The van der Waals surface area contributed by atoms with Crippen LogP contribution in [0.3, 0.4) is 0 Å². The molecule has 2 aliphatic heterocycles. The van der Waals surface area contributed by atoms with Gasteiger partial charge in [0.25, 0.3) is 5.91 Å². The van der Waals surface area contributed by atoms with E-state index >= 15 is 0 Å². The van der Waals surface area contributed by atoms with Gasteiger partial charge in [-0.05, 0) is 46.1 Å². The van der Waals surface area contributed by atoms with Gasteiger partial charge in [0.1, 0.15) is 5.54 Å². The summed E-state index contributed by atoms with van der Waals surface area (Å²) in [6, 6.07) is 1.93. The minimum absolute atomic E-state index is 0.121. The molecule has 0 aliphatic carbocycles. The molecule has 20 heavy (non-hydrogen) atoms. The van der Waals surface area contributed by atoms with Crippen LogP contribution in [0.2, 0.25) is 0 Å². The smallest absolute Gasteiger partial charge is 0.322 e. The molecule has 0 aromatic carbocycles. The van der Waals surface area contributed by atoms with Crippen molar-refractivity contribution in [3.8, 4) is 6.07 Å². The first-order chi connectivity index (χ1) is 9.40. The number of piperidine rings is 1. The molecule has 0 saturated carbocycles. The van der Waals surface area contributed by atoms with Crippen LogP contribution in [0.5, 0.6) is 0 Å². The van der Waals surface area contributed by atoms with Crippen LogP contribution in [0.15, 0.2) is 0 Å². The van der Waals surface area contributed by atoms with Crippen LogP contribution in [0.1, 0.15) is 39.5 Å². The predicted molar refractivity (Wildman–Crippen MR) is 73.7 cm³/mol. The SMILES string of the molecule is CC(C)(C#N)CCCN1C(=O)NC2(CCCNC2)C1=O. The first-order valence-electron chi connectivity index (χ1n) is 7.16. The number of hydrogen-bond donors (Lipinski definition) is 2. The van der Waals surface area contributed by atoms with Crippen molar-refractivity contribution in [1.29, 1.82) is 5.26 Å². The predicted octanol–water partition coefficient (Wildman–Crippen LogP) is 0.990. The zero-order chi connectivity index (χ0) is 14.8.